The van der Waals surface area contributed by atoms with Crippen LogP contribution in [0.3, 0.4) is 0 Å². The van der Waals surface area contributed by atoms with Crippen LogP contribution >= 0.6 is 0 Å². The Balaban J connectivity index is 1.47. The molecule has 0 N–H and O–H groups in total. The van der Waals surface area contributed by atoms with Gasteiger partial charge in [0.1, 0.15) is 17.9 Å². The van der Waals surface area contributed by atoms with Gasteiger partial charge in [-0.2, -0.15) is 0 Å². The van der Waals surface area contributed by atoms with Crippen molar-refractivity contribution in [3.8, 4) is 5.75 Å². The number of fused-ring (bicyclic) bond motifs is 2. The number of hydrogen-bond acceptors (Lipinski definition) is 5. The molecule has 5 heteroatoms. The van der Waals surface area contributed by atoms with Crippen LogP contribution < -0.4 is 10.4 Å². The number of carbonyl (C=O) groups is 1. The number of esters is 1. The Labute approximate surface area is 167 Å². The predicted molar refractivity (Wildman–Crippen MR) is 111 cm³/mol. The number of aryl methyl sites for hydroxylation is 2. The van der Waals surface area contributed by atoms with Crippen LogP contribution in [0.25, 0.3) is 21.7 Å². The zero-order valence-corrected chi connectivity index (χ0v) is 16.2. The second kappa shape index (κ2) is 7.80. The SMILES string of the molecule is Cc1ccc2c(COC(=O)COc3cccc4ccccc34)cc(=O)oc2c1C. The van der Waals surface area contributed by atoms with Crippen LogP contribution in [0, 0.1) is 13.8 Å². The van der Waals surface area contributed by atoms with Gasteiger partial charge in [-0.1, -0.05) is 48.5 Å². The Kier molecular flexibility index (Phi) is 5.04. The van der Waals surface area contributed by atoms with Crippen LogP contribution in [0.15, 0.2) is 69.9 Å². The fourth-order valence-electron chi connectivity index (χ4n) is 3.30. The van der Waals surface area contributed by atoms with Gasteiger partial charge in [-0.05, 0) is 36.4 Å². The summed E-state index contributed by atoms with van der Waals surface area (Å²) in [5.41, 5.74) is 2.59. The maximum absolute atomic E-state index is 12.2. The molecule has 0 saturated carbocycles. The van der Waals surface area contributed by atoms with Crippen molar-refractivity contribution in [2.45, 2.75) is 20.5 Å². The van der Waals surface area contributed by atoms with Crippen LogP contribution in [0.2, 0.25) is 0 Å². The van der Waals surface area contributed by atoms with Gasteiger partial charge < -0.3 is 13.9 Å². The van der Waals surface area contributed by atoms with E-state index in [1.54, 1.807) is 0 Å². The maximum atomic E-state index is 12.2. The summed E-state index contributed by atoms with van der Waals surface area (Å²) in [6, 6.07) is 18.6. The number of benzene rings is 3. The monoisotopic (exact) mass is 388 g/mol. The summed E-state index contributed by atoms with van der Waals surface area (Å²) in [7, 11) is 0. The van der Waals surface area contributed by atoms with Crippen molar-refractivity contribution in [2.75, 3.05) is 6.61 Å². The molecular weight excluding hydrogens is 368 g/mol. The topological polar surface area (TPSA) is 65.7 Å². The molecule has 0 aliphatic carbocycles. The largest absolute Gasteiger partial charge is 0.481 e. The van der Waals surface area contributed by atoms with Crippen molar-refractivity contribution in [1.29, 1.82) is 0 Å². The number of carbonyl (C=O) groups excluding carboxylic acids is 1. The van der Waals surface area contributed by atoms with E-state index in [1.807, 2.05) is 68.4 Å². The van der Waals surface area contributed by atoms with Crippen molar-refractivity contribution in [1.82, 2.24) is 0 Å². The third-order valence-electron chi connectivity index (χ3n) is 5.00. The molecule has 0 aliphatic rings. The number of rotatable bonds is 5. The molecule has 0 radical (unpaired) electrons. The standard InChI is InChI=1S/C24H20O5/c1-15-10-11-20-18(12-22(25)29-24(20)16(15)2)13-28-23(26)14-27-21-9-5-7-17-6-3-4-8-19(17)21/h3-12H,13-14H2,1-2H3. The fraction of sp³-hybridized carbons (Fsp3) is 0.167. The molecule has 146 valence electrons. The lowest BCUT2D eigenvalue weighted by atomic mass is 10.0. The molecule has 0 amide bonds. The van der Waals surface area contributed by atoms with Gasteiger partial charge in [-0.15, -0.1) is 0 Å². The molecule has 0 saturated heterocycles. The summed E-state index contributed by atoms with van der Waals surface area (Å²) < 4.78 is 16.4. The Morgan fingerprint density at radius 1 is 0.966 bits per heavy atom. The van der Waals surface area contributed by atoms with Gasteiger partial charge in [-0.25, -0.2) is 9.59 Å². The van der Waals surface area contributed by atoms with Crippen molar-refractivity contribution in [2.24, 2.45) is 0 Å². The van der Waals surface area contributed by atoms with Crippen LogP contribution in [0.4, 0.5) is 0 Å². The van der Waals surface area contributed by atoms with Crippen molar-refractivity contribution in [3.63, 3.8) is 0 Å². The van der Waals surface area contributed by atoms with Crippen molar-refractivity contribution >= 4 is 27.7 Å². The summed E-state index contributed by atoms with van der Waals surface area (Å²) in [4.78, 5) is 24.1. The Bertz CT molecular complexity index is 1260. The van der Waals surface area contributed by atoms with Crippen molar-refractivity contribution in [3.05, 3.63) is 87.8 Å². The van der Waals surface area contributed by atoms with Gasteiger partial charge >= 0.3 is 11.6 Å². The van der Waals surface area contributed by atoms with Gasteiger partial charge in [0, 0.05) is 22.4 Å². The molecular formula is C24H20O5. The summed E-state index contributed by atoms with van der Waals surface area (Å²) in [6.45, 7) is 3.61. The van der Waals surface area contributed by atoms with Gasteiger partial charge in [0.05, 0.1) is 0 Å². The zero-order valence-electron chi connectivity index (χ0n) is 16.2. The lowest BCUT2D eigenvalue weighted by molar-refractivity contribution is -0.147. The quantitative estimate of drug-likeness (QED) is 0.367. The molecule has 0 aliphatic heterocycles. The van der Waals surface area contributed by atoms with Crippen LogP contribution in [-0.2, 0) is 16.1 Å². The normalized spacial score (nSPS) is 11.0. The van der Waals surface area contributed by atoms with E-state index in [0.717, 1.165) is 27.3 Å². The zero-order chi connectivity index (χ0) is 20.4. The summed E-state index contributed by atoms with van der Waals surface area (Å²) in [5.74, 6) is 0.111. The predicted octanol–water partition coefficient (Wildman–Crippen LogP) is 4.69. The molecule has 0 fully saturated rings. The summed E-state index contributed by atoms with van der Waals surface area (Å²) >= 11 is 0. The average molecular weight is 388 g/mol. The van der Waals surface area contributed by atoms with Gasteiger partial charge in [-0.3, -0.25) is 0 Å². The molecule has 0 bridgehead atoms. The Hall–Kier alpha value is -3.60. The first-order valence-electron chi connectivity index (χ1n) is 9.32. The molecule has 0 spiro atoms. The highest BCUT2D eigenvalue weighted by atomic mass is 16.6. The van der Waals surface area contributed by atoms with Crippen LogP contribution in [0.1, 0.15) is 16.7 Å². The maximum Gasteiger partial charge on any atom is 0.344 e. The smallest absolute Gasteiger partial charge is 0.344 e. The van der Waals surface area contributed by atoms with E-state index in [4.69, 9.17) is 13.9 Å². The average Bonchev–Trinajstić information content (AvgIpc) is 2.73. The summed E-state index contributed by atoms with van der Waals surface area (Å²) in [5, 5.41) is 2.72. The molecule has 0 atom stereocenters. The van der Waals surface area contributed by atoms with Crippen molar-refractivity contribution < 1.29 is 18.7 Å². The highest BCUT2D eigenvalue weighted by molar-refractivity contribution is 5.88. The summed E-state index contributed by atoms with van der Waals surface area (Å²) in [6.07, 6.45) is 0. The molecule has 4 aromatic rings. The van der Waals surface area contributed by atoms with E-state index >= 15 is 0 Å². The first-order chi connectivity index (χ1) is 14.0. The van der Waals surface area contributed by atoms with Crippen LogP contribution in [-0.4, -0.2) is 12.6 Å². The fourth-order valence-corrected chi connectivity index (χ4v) is 3.30. The molecule has 0 unspecified atom stereocenters. The second-order valence-corrected chi connectivity index (χ2v) is 6.90. The van der Waals surface area contributed by atoms with Gasteiger partial charge in [0.2, 0.25) is 0 Å². The van der Waals surface area contributed by atoms with E-state index in [2.05, 4.69) is 0 Å². The highest BCUT2D eigenvalue weighted by Gasteiger charge is 2.12. The minimum atomic E-state index is -0.511. The van der Waals surface area contributed by atoms with E-state index < -0.39 is 11.6 Å². The van der Waals surface area contributed by atoms with E-state index in [1.165, 1.54) is 6.07 Å². The van der Waals surface area contributed by atoms with Gasteiger partial charge in [0.15, 0.2) is 6.61 Å². The highest BCUT2D eigenvalue weighted by Crippen LogP contribution is 2.26. The second-order valence-electron chi connectivity index (χ2n) is 6.90. The lowest BCUT2D eigenvalue weighted by Gasteiger charge is -2.11. The molecule has 5 nitrogen and oxygen atoms in total. The Morgan fingerprint density at radius 3 is 2.62 bits per heavy atom. The number of hydrogen-bond donors (Lipinski definition) is 0. The molecule has 1 heterocycles. The van der Waals surface area contributed by atoms with E-state index in [-0.39, 0.29) is 13.2 Å². The van der Waals surface area contributed by atoms with Crippen LogP contribution in [0.5, 0.6) is 5.75 Å². The third-order valence-corrected chi connectivity index (χ3v) is 5.00. The number of ether oxygens (including phenoxy) is 2. The van der Waals surface area contributed by atoms with E-state index in [0.29, 0.717) is 16.9 Å². The third kappa shape index (κ3) is 3.85. The molecule has 4 rings (SSSR count). The lowest BCUT2D eigenvalue weighted by Crippen LogP contribution is -2.15. The minimum Gasteiger partial charge on any atom is -0.481 e. The molecule has 29 heavy (non-hydrogen) atoms. The molecule has 1 aromatic heterocycles. The minimum absolute atomic E-state index is 0.0255. The first kappa shape index (κ1) is 18.7. The molecule has 3 aromatic carbocycles. The van der Waals surface area contributed by atoms with Gasteiger partial charge in [0.25, 0.3) is 0 Å². The first-order valence-corrected chi connectivity index (χ1v) is 9.32. The van der Waals surface area contributed by atoms with E-state index in [9.17, 15) is 9.59 Å². The Morgan fingerprint density at radius 2 is 1.76 bits per heavy atom.